The maximum atomic E-state index is 12.6. The maximum absolute atomic E-state index is 12.6. The summed E-state index contributed by atoms with van der Waals surface area (Å²) in [6, 6.07) is 10.7. The van der Waals surface area contributed by atoms with Crippen molar-refractivity contribution >= 4 is 23.6 Å². The largest absolute Gasteiger partial charge is 0.445 e. The Morgan fingerprint density at radius 1 is 0.974 bits per heavy atom. The van der Waals surface area contributed by atoms with Crippen molar-refractivity contribution in [1.82, 2.24) is 10.2 Å². The van der Waals surface area contributed by atoms with E-state index < -0.39 is 40.3 Å². The highest BCUT2D eigenvalue weighted by Crippen LogP contribution is 2.24. The minimum Gasteiger partial charge on any atom is -0.445 e. The van der Waals surface area contributed by atoms with Crippen LogP contribution in [0.15, 0.2) is 48.5 Å². The lowest BCUT2D eigenvalue weighted by Gasteiger charge is -2.25. The zero-order chi connectivity index (χ0) is 27.7. The van der Waals surface area contributed by atoms with E-state index in [-0.39, 0.29) is 56.9 Å². The number of alkyl carbamates (subject to hydrolysis) is 1. The van der Waals surface area contributed by atoms with Crippen molar-refractivity contribution in [1.29, 1.82) is 0 Å². The highest BCUT2D eigenvalue weighted by atomic mass is 16.6. The average molecular weight is 533 g/mol. The lowest BCUT2D eigenvalue weighted by atomic mass is 10.0. The van der Waals surface area contributed by atoms with E-state index in [1.807, 2.05) is 0 Å². The molecule has 38 heavy (non-hydrogen) atoms. The molecule has 1 aliphatic rings. The summed E-state index contributed by atoms with van der Waals surface area (Å²) >= 11 is 0. The molecule has 0 unspecified atom stereocenters. The SMILES string of the molecule is O=C(NCC[C@H](O)C[C@@H]1C[C@H](O)CN1C(=O)OCc1ccc([N+](=O)[O-])cc1)OCc1ccc([N+](=O)[O-])cc1. The van der Waals surface area contributed by atoms with E-state index in [2.05, 4.69) is 5.32 Å². The Hall–Kier alpha value is -4.30. The Labute approximate surface area is 217 Å². The van der Waals surface area contributed by atoms with Crippen LogP contribution in [0.2, 0.25) is 0 Å². The monoisotopic (exact) mass is 532 g/mol. The van der Waals surface area contributed by atoms with Crippen molar-refractivity contribution in [2.24, 2.45) is 0 Å². The van der Waals surface area contributed by atoms with Crippen LogP contribution in [0.25, 0.3) is 0 Å². The molecule has 1 aliphatic heterocycles. The van der Waals surface area contributed by atoms with Gasteiger partial charge in [0.2, 0.25) is 0 Å². The molecule has 14 nitrogen and oxygen atoms in total. The molecular weight excluding hydrogens is 504 g/mol. The summed E-state index contributed by atoms with van der Waals surface area (Å²) in [5, 5.41) is 44.4. The number of likely N-dealkylation sites (tertiary alicyclic amines) is 1. The molecule has 0 spiro atoms. The summed E-state index contributed by atoms with van der Waals surface area (Å²) in [5.74, 6) is 0. The van der Waals surface area contributed by atoms with Gasteiger partial charge in [-0.1, -0.05) is 0 Å². The van der Waals surface area contributed by atoms with E-state index in [1.54, 1.807) is 0 Å². The molecule has 0 aliphatic carbocycles. The Bertz CT molecular complexity index is 1130. The highest BCUT2D eigenvalue weighted by Gasteiger charge is 2.36. The fourth-order valence-corrected chi connectivity index (χ4v) is 3.97. The van der Waals surface area contributed by atoms with Gasteiger partial charge in [0.1, 0.15) is 13.2 Å². The highest BCUT2D eigenvalue weighted by molar-refractivity contribution is 5.68. The van der Waals surface area contributed by atoms with Gasteiger partial charge in [-0.2, -0.15) is 0 Å². The smallest absolute Gasteiger partial charge is 0.410 e. The van der Waals surface area contributed by atoms with Crippen molar-refractivity contribution in [3.8, 4) is 0 Å². The van der Waals surface area contributed by atoms with Gasteiger partial charge in [-0.3, -0.25) is 20.2 Å². The van der Waals surface area contributed by atoms with E-state index in [0.717, 1.165) is 0 Å². The second-order valence-corrected chi connectivity index (χ2v) is 8.78. The number of benzene rings is 2. The number of nitro benzene ring substituents is 2. The van der Waals surface area contributed by atoms with Crippen LogP contribution >= 0.6 is 0 Å². The quantitative estimate of drug-likeness (QED) is 0.286. The molecule has 0 aromatic heterocycles. The number of carbonyl (C=O) groups is 2. The van der Waals surface area contributed by atoms with Gasteiger partial charge < -0.3 is 29.9 Å². The third kappa shape index (κ3) is 8.38. The Kier molecular flexibility index (Phi) is 9.90. The molecule has 0 bridgehead atoms. The first-order chi connectivity index (χ1) is 18.1. The molecule has 0 saturated carbocycles. The van der Waals surface area contributed by atoms with E-state index in [9.17, 15) is 40.0 Å². The van der Waals surface area contributed by atoms with Crippen molar-refractivity contribution in [2.45, 2.75) is 50.7 Å². The van der Waals surface area contributed by atoms with Crippen LogP contribution in [0.3, 0.4) is 0 Å². The molecule has 204 valence electrons. The molecule has 1 saturated heterocycles. The molecule has 14 heteroatoms. The van der Waals surface area contributed by atoms with E-state index in [1.165, 1.54) is 53.4 Å². The lowest BCUT2D eigenvalue weighted by Crippen LogP contribution is -2.38. The molecule has 1 fully saturated rings. The number of amides is 2. The number of carbonyl (C=O) groups excluding carboxylic acids is 2. The molecule has 1 heterocycles. The summed E-state index contributed by atoms with van der Waals surface area (Å²) in [6.45, 7) is -0.0439. The minimum atomic E-state index is -0.884. The molecule has 2 amide bonds. The number of hydrogen-bond acceptors (Lipinski definition) is 10. The Morgan fingerprint density at radius 3 is 2.03 bits per heavy atom. The summed E-state index contributed by atoms with van der Waals surface area (Å²) in [5.41, 5.74) is 0.986. The number of β-amino-alcohol motifs (C(OH)–C–C–N with tert-alkyl or cyclic N) is 1. The van der Waals surface area contributed by atoms with Crippen LogP contribution in [-0.2, 0) is 22.7 Å². The molecule has 2 aromatic carbocycles. The topological polar surface area (TPSA) is 195 Å². The fourth-order valence-electron chi connectivity index (χ4n) is 3.97. The van der Waals surface area contributed by atoms with Gasteiger partial charge >= 0.3 is 12.2 Å². The van der Waals surface area contributed by atoms with Gasteiger partial charge in [-0.25, -0.2) is 9.59 Å². The number of aliphatic hydroxyl groups excluding tert-OH is 2. The van der Waals surface area contributed by atoms with Crippen molar-refractivity contribution in [3.05, 3.63) is 79.9 Å². The third-order valence-electron chi connectivity index (χ3n) is 5.94. The molecule has 3 rings (SSSR count). The average Bonchev–Trinajstić information content (AvgIpc) is 3.26. The Morgan fingerprint density at radius 2 is 1.50 bits per heavy atom. The van der Waals surface area contributed by atoms with Gasteiger partial charge in [0.05, 0.1) is 28.6 Å². The normalized spacial score (nSPS) is 17.5. The number of hydrogen-bond donors (Lipinski definition) is 3. The van der Waals surface area contributed by atoms with Crippen LogP contribution in [0.4, 0.5) is 21.0 Å². The standard InChI is InChI=1S/C24H28N4O10/c29-21(9-10-25-23(31)37-14-16-1-5-18(6-2-16)27(33)34)11-20-12-22(30)13-26(20)24(32)38-15-17-3-7-19(8-4-17)28(35)36/h1-8,20-22,29-30H,9-15H2,(H,25,31)/t20-,21+,22+/m1/s1. The van der Waals surface area contributed by atoms with Crippen LogP contribution in [0.5, 0.6) is 0 Å². The zero-order valence-corrected chi connectivity index (χ0v) is 20.3. The number of non-ortho nitro benzene ring substituents is 2. The van der Waals surface area contributed by atoms with Gasteiger partial charge in [-0.05, 0) is 54.7 Å². The molecule has 0 radical (unpaired) electrons. The molecule has 3 atom stereocenters. The van der Waals surface area contributed by atoms with Crippen LogP contribution in [-0.4, -0.2) is 68.5 Å². The maximum Gasteiger partial charge on any atom is 0.410 e. The van der Waals surface area contributed by atoms with E-state index in [4.69, 9.17) is 9.47 Å². The van der Waals surface area contributed by atoms with Crippen molar-refractivity contribution in [3.63, 3.8) is 0 Å². The van der Waals surface area contributed by atoms with Gasteiger partial charge in [0, 0.05) is 36.9 Å². The molecule has 2 aromatic rings. The number of ether oxygens (including phenoxy) is 2. The molecular formula is C24H28N4O10. The number of rotatable bonds is 11. The lowest BCUT2D eigenvalue weighted by molar-refractivity contribution is -0.385. The fraction of sp³-hybridized carbons (Fsp3) is 0.417. The van der Waals surface area contributed by atoms with Gasteiger partial charge in [0.25, 0.3) is 11.4 Å². The predicted molar refractivity (Wildman–Crippen MR) is 131 cm³/mol. The Balaban J connectivity index is 1.38. The van der Waals surface area contributed by atoms with E-state index in [0.29, 0.717) is 11.1 Å². The second kappa shape index (κ2) is 13.3. The minimum absolute atomic E-state index is 0.0453. The first kappa shape index (κ1) is 28.3. The summed E-state index contributed by atoms with van der Waals surface area (Å²) in [4.78, 5) is 46.1. The third-order valence-corrected chi connectivity index (χ3v) is 5.94. The number of nitrogens with zero attached hydrogens (tertiary/aromatic N) is 3. The molecule has 3 N–H and O–H groups in total. The van der Waals surface area contributed by atoms with Crippen LogP contribution in [0.1, 0.15) is 30.4 Å². The summed E-state index contributed by atoms with van der Waals surface area (Å²) < 4.78 is 10.3. The van der Waals surface area contributed by atoms with Crippen molar-refractivity contribution in [2.75, 3.05) is 13.1 Å². The summed E-state index contributed by atoms with van der Waals surface area (Å²) in [7, 11) is 0. The number of aliphatic hydroxyl groups is 2. The van der Waals surface area contributed by atoms with Gasteiger partial charge in [0.15, 0.2) is 0 Å². The van der Waals surface area contributed by atoms with E-state index >= 15 is 0 Å². The van der Waals surface area contributed by atoms with Crippen LogP contribution in [0, 0.1) is 20.2 Å². The van der Waals surface area contributed by atoms with Crippen molar-refractivity contribution < 1.29 is 39.1 Å². The predicted octanol–water partition coefficient (Wildman–Crippen LogP) is 2.64. The number of nitro groups is 2. The second-order valence-electron chi connectivity index (χ2n) is 8.78. The van der Waals surface area contributed by atoms with Crippen LogP contribution < -0.4 is 5.32 Å². The first-order valence-electron chi connectivity index (χ1n) is 11.8. The number of nitrogens with one attached hydrogen (secondary N) is 1. The zero-order valence-electron chi connectivity index (χ0n) is 20.3. The van der Waals surface area contributed by atoms with Gasteiger partial charge in [-0.15, -0.1) is 0 Å². The summed E-state index contributed by atoms with van der Waals surface area (Å²) in [6.07, 6.45) is -2.46. The first-order valence-corrected chi connectivity index (χ1v) is 11.8.